The number of hydrogen-bond acceptors (Lipinski definition) is 4. The van der Waals surface area contributed by atoms with Gasteiger partial charge in [-0.1, -0.05) is 12.1 Å². The quantitative estimate of drug-likeness (QED) is 0.669. The van der Waals surface area contributed by atoms with Gasteiger partial charge in [0.1, 0.15) is 12.4 Å². The van der Waals surface area contributed by atoms with E-state index >= 15 is 0 Å². The fourth-order valence-corrected chi connectivity index (χ4v) is 1.90. The number of amides is 1. The summed E-state index contributed by atoms with van der Waals surface area (Å²) < 4.78 is 10.8. The fraction of sp³-hybridized carbons (Fsp3) is 0.500. The van der Waals surface area contributed by atoms with E-state index in [9.17, 15) is 9.59 Å². The highest BCUT2D eigenvalue weighted by Gasteiger charge is 2.16. The number of carboxylic acids is 1. The molecule has 122 valence electrons. The zero-order valence-corrected chi connectivity index (χ0v) is 13.1. The molecule has 0 aromatic heterocycles. The normalized spacial score (nSPS) is 10.3. The molecule has 1 N–H and O–H groups in total. The summed E-state index contributed by atoms with van der Waals surface area (Å²) in [7, 11) is 1.65. The van der Waals surface area contributed by atoms with Crippen molar-refractivity contribution in [3.8, 4) is 5.75 Å². The second-order valence-electron chi connectivity index (χ2n) is 4.77. The number of para-hydroxylation sites is 1. The molecular formula is C16H23NO5. The van der Waals surface area contributed by atoms with Gasteiger partial charge in [0.15, 0.2) is 0 Å². The second kappa shape index (κ2) is 9.78. The van der Waals surface area contributed by atoms with Crippen LogP contribution >= 0.6 is 0 Å². The van der Waals surface area contributed by atoms with E-state index in [2.05, 4.69) is 0 Å². The lowest BCUT2D eigenvalue weighted by Crippen LogP contribution is -2.28. The average Bonchev–Trinajstić information content (AvgIpc) is 2.51. The van der Waals surface area contributed by atoms with Crippen LogP contribution in [0, 0.1) is 0 Å². The molecular weight excluding hydrogens is 286 g/mol. The monoisotopic (exact) mass is 309 g/mol. The van der Waals surface area contributed by atoms with Gasteiger partial charge in [-0.05, 0) is 25.5 Å². The van der Waals surface area contributed by atoms with Crippen molar-refractivity contribution in [2.75, 3.05) is 33.4 Å². The summed E-state index contributed by atoms with van der Waals surface area (Å²) in [5, 5.41) is 8.63. The van der Waals surface area contributed by atoms with E-state index < -0.39 is 5.97 Å². The Balaban J connectivity index is 2.61. The molecule has 0 aliphatic heterocycles. The number of hydrogen-bond donors (Lipinski definition) is 1. The average molecular weight is 309 g/mol. The number of carbonyl (C=O) groups excluding carboxylic acids is 1. The largest absolute Gasteiger partial charge is 0.490 e. The Kier molecular flexibility index (Phi) is 7.99. The lowest BCUT2D eigenvalue weighted by atomic mass is 10.1. The first-order valence-electron chi connectivity index (χ1n) is 7.33. The number of rotatable bonds is 10. The third kappa shape index (κ3) is 6.13. The van der Waals surface area contributed by atoms with Crippen LogP contribution in [0.5, 0.6) is 5.75 Å². The maximum Gasteiger partial charge on any atom is 0.303 e. The molecule has 0 radical (unpaired) electrons. The highest BCUT2D eigenvalue weighted by atomic mass is 16.5. The van der Waals surface area contributed by atoms with E-state index in [0.29, 0.717) is 44.1 Å². The Labute approximate surface area is 130 Å². The van der Waals surface area contributed by atoms with Crippen molar-refractivity contribution in [1.82, 2.24) is 4.90 Å². The summed E-state index contributed by atoms with van der Waals surface area (Å²) in [6.07, 6.45) is 0.467. The van der Waals surface area contributed by atoms with Crippen LogP contribution in [0.2, 0.25) is 0 Å². The van der Waals surface area contributed by atoms with Crippen LogP contribution in [0.4, 0.5) is 0 Å². The molecule has 0 unspecified atom stereocenters. The Morgan fingerprint density at radius 1 is 1.23 bits per heavy atom. The molecule has 22 heavy (non-hydrogen) atoms. The number of ether oxygens (including phenoxy) is 2. The van der Waals surface area contributed by atoms with Gasteiger partial charge >= 0.3 is 5.97 Å². The third-order valence-electron chi connectivity index (χ3n) is 3.04. The van der Waals surface area contributed by atoms with E-state index in [1.165, 1.54) is 4.90 Å². The first-order valence-corrected chi connectivity index (χ1v) is 7.33. The summed E-state index contributed by atoms with van der Waals surface area (Å²) in [6.45, 7) is 3.76. The topological polar surface area (TPSA) is 76.1 Å². The van der Waals surface area contributed by atoms with Crippen molar-refractivity contribution in [1.29, 1.82) is 0 Å². The van der Waals surface area contributed by atoms with E-state index in [4.69, 9.17) is 14.6 Å². The van der Waals surface area contributed by atoms with Gasteiger partial charge < -0.3 is 19.5 Å². The fourth-order valence-electron chi connectivity index (χ4n) is 1.90. The number of benzene rings is 1. The van der Waals surface area contributed by atoms with E-state index in [1.807, 2.05) is 6.92 Å². The molecule has 6 nitrogen and oxygen atoms in total. The van der Waals surface area contributed by atoms with E-state index in [-0.39, 0.29) is 12.3 Å². The van der Waals surface area contributed by atoms with Gasteiger partial charge in [0.25, 0.3) is 5.91 Å². The van der Waals surface area contributed by atoms with Crippen LogP contribution in [0.25, 0.3) is 0 Å². The van der Waals surface area contributed by atoms with Gasteiger partial charge in [-0.25, -0.2) is 0 Å². The van der Waals surface area contributed by atoms with Crippen molar-refractivity contribution >= 4 is 11.9 Å². The molecule has 1 aromatic carbocycles. The van der Waals surface area contributed by atoms with Crippen LogP contribution in [0.1, 0.15) is 30.1 Å². The summed E-state index contributed by atoms with van der Waals surface area (Å²) in [4.78, 5) is 24.4. The molecule has 0 saturated carbocycles. The van der Waals surface area contributed by atoms with Gasteiger partial charge in [-0.3, -0.25) is 9.59 Å². The molecule has 1 aromatic rings. The molecule has 6 heteroatoms. The van der Waals surface area contributed by atoms with Gasteiger partial charge in [-0.2, -0.15) is 0 Å². The molecule has 1 rings (SSSR count). The van der Waals surface area contributed by atoms with Crippen molar-refractivity contribution in [3.63, 3.8) is 0 Å². The molecule has 0 aliphatic rings. The van der Waals surface area contributed by atoms with Crippen molar-refractivity contribution in [3.05, 3.63) is 29.8 Å². The van der Waals surface area contributed by atoms with Crippen LogP contribution in [0.15, 0.2) is 24.3 Å². The van der Waals surface area contributed by atoms with E-state index in [0.717, 1.165) is 0 Å². The molecule has 0 atom stereocenters. The Bertz CT molecular complexity index is 489. The number of carboxylic acid groups (broad SMARTS) is 1. The molecule has 1 amide bonds. The Morgan fingerprint density at radius 3 is 2.64 bits per heavy atom. The highest BCUT2D eigenvalue weighted by Crippen LogP contribution is 2.19. The molecule has 0 heterocycles. The summed E-state index contributed by atoms with van der Waals surface area (Å²) in [5.41, 5.74) is 0.469. The summed E-state index contributed by atoms with van der Waals surface area (Å²) in [6, 6.07) is 7.02. The third-order valence-corrected chi connectivity index (χ3v) is 3.04. The summed E-state index contributed by atoms with van der Waals surface area (Å²) in [5.74, 6) is -0.532. The van der Waals surface area contributed by atoms with Crippen molar-refractivity contribution < 1.29 is 24.2 Å². The maximum atomic E-state index is 12.4. The second-order valence-corrected chi connectivity index (χ2v) is 4.77. The minimum Gasteiger partial charge on any atom is -0.490 e. The predicted octanol–water partition coefficient (Wildman–Crippen LogP) is 2.04. The minimum atomic E-state index is -0.861. The molecule has 0 spiro atoms. The summed E-state index contributed by atoms with van der Waals surface area (Å²) >= 11 is 0. The minimum absolute atomic E-state index is 0.0458. The maximum absolute atomic E-state index is 12.4. The predicted molar refractivity (Wildman–Crippen MR) is 82.3 cm³/mol. The molecule has 0 aliphatic carbocycles. The zero-order valence-electron chi connectivity index (χ0n) is 13.1. The van der Waals surface area contributed by atoms with Crippen molar-refractivity contribution in [2.24, 2.45) is 0 Å². The smallest absolute Gasteiger partial charge is 0.303 e. The lowest BCUT2D eigenvalue weighted by molar-refractivity contribution is -0.137. The molecule has 0 bridgehead atoms. The van der Waals surface area contributed by atoms with Crippen LogP contribution in [-0.2, 0) is 9.53 Å². The molecule has 0 saturated heterocycles. The molecule has 0 fully saturated rings. The van der Waals surface area contributed by atoms with Crippen LogP contribution < -0.4 is 4.74 Å². The van der Waals surface area contributed by atoms with Crippen LogP contribution in [-0.4, -0.2) is 55.3 Å². The first kappa shape index (κ1) is 18.0. The zero-order chi connectivity index (χ0) is 16.4. The highest BCUT2D eigenvalue weighted by molar-refractivity contribution is 5.96. The van der Waals surface area contributed by atoms with Crippen molar-refractivity contribution in [2.45, 2.75) is 19.8 Å². The first-order chi connectivity index (χ1) is 10.6. The number of carbonyl (C=O) groups is 2. The van der Waals surface area contributed by atoms with Gasteiger partial charge in [0.05, 0.1) is 12.2 Å². The van der Waals surface area contributed by atoms with Gasteiger partial charge in [-0.15, -0.1) is 0 Å². The lowest BCUT2D eigenvalue weighted by Gasteiger charge is -2.18. The SMILES string of the molecule is CCOCCOc1ccccc1C(=O)N(C)CCCC(=O)O. The standard InChI is InChI=1S/C16H23NO5/c1-3-21-11-12-22-14-8-5-4-7-13(14)16(20)17(2)10-6-9-15(18)19/h4-5,7-8H,3,6,9-12H2,1-2H3,(H,18,19). The van der Waals surface area contributed by atoms with Gasteiger partial charge in [0, 0.05) is 26.6 Å². The van der Waals surface area contributed by atoms with Gasteiger partial charge in [0.2, 0.25) is 0 Å². The number of nitrogens with zero attached hydrogens (tertiary/aromatic N) is 1. The van der Waals surface area contributed by atoms with E-state index in [1.54, 1.807) is 31.3 Å². The Hall–Kier alpha value is -2.08. The van der Waals surface area contributed by atoms with Crippen LogP contribution in [0.3, 0.4) is 0 Å². The number of aliphatic carboxylic acids is 1. The Morgan fingerprint density at radius 2 is 1.95 bits per heavy atom.